The average Bonchev–Trinajstić information content (AvgIpc) is 2.43. The van der Waals surface area contributed by atoms with Gasteiger partial charge in [-0.1, -0.05) is 45.9 Å². The van der Waals surface area contributed by atoms with Gasteiger partial charge in [-0.25, -0.2) is 0 Å². The van der Waals surface area contributed by atoms with Crippen molar-refractivity contribution in [3.05, 3.63) is 42.2 Å². The van der Waals surface area contributed by atoms with Crippen LogP contribution in [0.5, 0.6) is 0 Å². The lowest BCUT2D eigenvalue weighted by Gasteiger charge is -2.23. The maximum atomic E-state index is 4.21. The molecule has 2 unspecified atom stereocenters. The van der Waals surface area contributed by atoms with Crippen molar-refractivity contribution in [2.45, 2.75) is 39.7 Å². The van der Waals surface area contributed by atoms with E-state index in [9.17, 15) is 0 Å². The van der Waals surface area contributed by atoms with Crippen LogP contribution < -0.4 is 5.32 Å². The zero-order chi connectivity index (χ0) is 13.8. The fourth-order valence-corrected chi connectivity index (χ4v) is 2.45. The van der Waals surface area contributed by atoms with E-state index < -0.39 is 0 Å². The van der Waals surface area contributed by atoms with E-state index in [-0.39, 0.29) is 0 Å². The summed E-state index contributed by atoms with van der Waals surface area (Å²) in [5.41, 5.74) is 1.43. The van der Waals surface area contributed by atoms with Crippen molar-refractivity contribution in [3.63, 3.8) is 0 Å². The lowest BCUT2D eigenvalue weighted by molar-refractivity contribution is 0.427. The van der Waals surface area contributed by atoms with Gasteiger partial charge in [-0.3, -0.25) is 4.98 Å². The van der Waals surface area contributed by atoms with E-state index in [1.165, 1.54) is 16.3 Å². The lowest BCUT2D eigenvalue weighted by atomic mass is 9.86. The Morgan fingerprint density at radius 2 is 1.89 bits per heavy atom. The minimum absolute atomic E-state index is 0.539. The van der Waals surface area contributed by atoms with Crippen molar-refractivity contribution >= 4 is 10.8 Å². The highest BCUT2D eigenvalue weighted by Crippen LogP contribution is 2.29. The first-order valence-electron chi connectivity index (χ1n) is 7.15. The zero-order valence-corrected chi connectivity index (χ0v) is 12.4. The minimum Gasteiger partial charge on any atom is -0.314 e. The molecule has 0 radical (unpaired) electrons. The van der Waals surface area contributed by atoms with Gasteiger partial charge in [-0.2, -0.15) is 0 Å². The van der Waals surface area contributed by atoms with Crippen LogP contribution in [0.1, 0.15) is 39.2 Å². The molecule has 0 saturated carbocycles. The van der Waals surface area contributed by atoms with Gasteiger partial charge in [0, 0.05) is 23.8 Å². The summed E-state index contributed by atoms with van der Waals surface area (Å²) in [7, 11) is 0. The van der Waals surface area contributed by atoms with Crippen LogP contribution in [0.2, 0.25) is 0 Å². The first-order chi connectivity index (χ1) is 9.09. The molecule has 102 valence electrons. The molecule has 0 aliphatic rings. The Morgan fingerprint density at radius 3 is 2.63 bits per heavy atom. The fourth-order valence-electron chi connectivity index (χ4n) is 2.45. The molecule has 1 aromatic carbocycles. The third-order valence-electron chi connectivity index (χ3n) is 3.91. The van der Waals surface area contributed by atoms with E-state index in [0.29, 0.717) is 17.9 Å². The third kappa shape index (κ3) is 3.32. The first-order valence-corrected chi connectivity index (χ1v) is 7.15. The van der Waals surface area contributed by atoms with Crippen LogP contribution in [0.15, 0.2) is 36.7 Å². The number of pyridine rings is 1. The molecule has 1 heterocycles. The molecule has 0 bridgehead atoms. The van der Waals surface area contributed by atoms with Gasteiger partial charge < -0.3 is 5.32 Å². The molecular formula is C17H24N2. The SMILES string of the molecule is CC(C)NCC(C)C(C)c1cccc2cnccc12. The summed E-state index contributed by atoms with van der Waals surface area (Å²) in [4.78, 5) is 4.21. The van der Waals surface area contributed by atoms with E-state index >= 15 is 0 Å². The van der Waals surface area contributed by atoms with Gasteiger partial charge in [0.05, 0.1) is 0 Å². The predicted octanol–water partition coefficient (Wildman–Crippen LogP) is 3.97. The van der Waals surface area contributed by atoms with E-state index in [2.05, 4.69) is 62.3 Å². The Bertz CT molecular complexity index is 528. The molecule has 1 aromatic heterocycles. The Kier molecular flexibility index (Phi) is 4.54. The molecular weight excluding hydrogens is 232 g/mol. The highest BCUT2D eigenvalue weighted by Gasteiger charge is 2.16. The largest absolute Gasteiger partial charge is 0.314 e. The third-order valence-corrected chi connectivity index (χ3v) is 3.91. The van der Waals surface area contributed by atoms with Crippen LogP contribution in [-0.4, -0.2) is 17.6 Å². The summed E-state index contributed by atoms with van der Waals surface area (Å²) in [5.74, 6) is 1.15. The lowest BCUT2D eigenvalue weighted by Crippen LogP contribution is -2.29. The second kappa shape index (κ2) is 6.16. The topological polar surface area (TPSA) is 24.9 Å². The number of benzene rings is 1. The summed E-state index contributed by atoms with van der Waals surface area (Å²) in [6, 6.07) is 9.20. The monoisotopic (exact) mass is 256 g/mol. The van der Waals surface area contributed by atoms with Gasteiger partial charge in [0.1, 0.15) is 0 Å². The molecule has 0 fully saturated rings. The fraction of sp³-hybridized carbons (Fsp3) is 0.471. The van der Waals surface area contributed by atoms with Crippen LogP contribution in [-0.2, 0) is 0 Å². The number of rotatable bonds is 5. The van der Waals surface area contributed by atoms with Crippen LogP contribution in [0.3, 0.4) is 0 Å². The number of fused-ring (bicyclic) bond motifs is 1. The number of aromatic nitrogens is 1. The molecule has 0 aliphatic heterocycles. The van der Waals surface area contributed by atoms with Gasteiger partial charge >= 0.3 is 0 Å². The summed E-state index contributed by atoms with van der Waals surface area (Å²) >= 11 is 0. The number of nitrogens with zero attached hydrogens (tertiary/aromatic N) is 1. The molecule has 2 aromatic rings. The van der Waals surface area contributed by atoms with Crippen LogP contribution in [0.25, 0.3) is 10.8 Å². The maximum absolute atomic E-state index is 4.21. The molecule has 0 aliphatic carbocycles. The van der Waals surface area contributed by atoms with Crippen molar-refractivity contribution < 1.29 is 0 Å². The maximum Gasteiger partial charge on any atom is 0.0346 e. The summed E-state index contributed by atoms with van der Waals surface area (Å²) in [6.45, 7) is 10.1. The number of nitrogens with one attached hydrogen (secondary N) is 1. The molecule has 2 heteroatoms. The van der Waals surface area contributed by atoms with Crippen molar-refractivity contribution in [1.82, 2.24) is 10.3 Å². The van der Waals surface area contributed by atoms with E-state index in [1.54, 1.807) is 0 Å². The Labute approximate surface area is 116 Å². The van der Waals surface area contributed by atoms with Crippen LogP contribution in [0.4, 0.5) is 0 Å². The van der Waals surface area contributed by atoms with Gasteiger partial charge in [-0.15, -0.1) is 0 Å². The normalized spacial score (nSPS) is 14.8. The summed E-state index contributed by atoms with van der Waals surface area (Å²) < 4.78 is 0. The van der Waals surface area contributed by atoms with Crippen LogP contribution >= 0.6 is 0 Å². The van der Waals surface area contributed by atoms with E-state index in [1.807, 2.05) is 12.4 Å². The van der Waals surface area contributed by atoms with Gasteiger partial charge in [0.2, 0.25) is 0 Å². The van der Waals surface area contributed by atoms with E-state index in [4.69, 9.17) is 0 Å². The quantitative estimate of drug-likeness (QED) is 0.875. The van der Waals surface area contributed by atoms with Gasteiger partial charge in [0.25, 0.3) is 0 Å². The Balaban J connectivity index is 2.23. The van der Waals surface area contributed by atoms with Crippen molar-refractivity contribution in [2.75, 3.05) is 6.54 Å². The molecule has 2 rings (SSSR count). The Hall–Kier alpha value is -1.41. The number of hydrogen-bond donors (Lipinski definition) is 1. The highest BCUT2D eigenvalue weighted by atomic mass is 14.9. The molecule has 2 nitrogen and oxygen atoms in total. The zero-order valence-electron chi connectivity index (χ0n) is 12.4. The second-order valence-electron chi connectivity index (χ2n) is 5.77. The van der Waals surface area contributed by atoms with Gasteiger partial charge in [-0.05, 0) is 35.4 Å². The predicted molar refractivity (Wildman–Crippen MR) is 82.5 cm³/mol. The van der Waals surface area contributed by atoms with Crippen molar-refractivity contribution in [3.8, 4) is 0 Å². The molecule has 0 saturated heterocycles. The minimum atomic E-state index is 0.539. The molecule has 19 heavy (non-hydrogen) atoms. The standard InChI is InChI=1S/C17H24N2/c1-12(2)19-10-13(3)14(4)16-7-5-6-15-11-18-9-8-17(15)16/h5-9,11-14,19H,10H2,1-4H3. The smallest absolute Gasteiger partial charge is 0.0346 e. The highest BCUT2D eigenvalue weighted by molar-refractivity contribution is 5.85. The summed E-state index contributed by atoms with van der Waals surface area (Å²) in [6.07, 6.45) is 3.83. The van der Waals surface area contributed by atoms with E-state index in [0.717, 1.165) is 6.54 Å². The average molecular weight is 256 g/mol. The van der Waals surface area contributed by atoms with Gasteiger partial charge in [0.15, 0.2) is 0 Å². The van der Waals surface area contributed by atoms with Crippen LogP contribution in [0, 0.1) is 5.92 Å². The molecule has 0 amide bonds. The first kappa shape index (κ1) is 14.0. The summed E-state index contributed by atoms with van der Waals surface area (Å²) in [5, 5.41) is 6.10. The number of hydrogen-bond acceptors (Lipinski definition) is 2. The molecule has 0 spiro atoms. The van der Waals surface area contributed by atoms with Crippen molar-refractivity contribution in [1.29, 1.82) is 0 Å². The molecule has 1 N–H and O–H groups in total. The Morgan fingerprint density at radius 1 is 1.11 bits per heavy atom. The second-order valence-corrected chi connectivity index (χ2v) is 5.77. The van der Waals surface area contributed by atoms with Crippen molar-refractivity contribution in [2.24, 2.45) is 5.92 Å². The molecule has 2 atom stereocenters.